The number of hydrogen-bond donors (Lipinski definition) is 2. The van der Waals surface area contributed by atoms with Crippen molar-refractivity contribution in [2.75, 3.05) is 13.2 Å². The molecule has 1 rings (SSSR count). The van der Waals surface area contributed by atoms with Crippen LogP contribution in [0.5, 0.6) is 11.5 Å². The van der Waals surface area contributed by atoms with Crippen LogP contribution in [0.1, 0.15) is 18.9 Å². The lowest BCUT2D eigenvalue weighted by molar-refractivity contribution is -0.113. The quantitative estimate of drug-likeness (QED) is 0.723. The smallest absolute Gasteiger partial charge is 0.161 e. The number of carbonyl (C=O) groups excluding carboxylic acids is 1. The van der Waals surface area contributed by atoms with Gasteiger partial charge in [-0.2, -0.15) is 0 Å². The molecule has 0 aliphatic rings. The van der Waals surface area contributed by atoms with Gasteiger partial charge < -0.3 is 15.6 Å². The van der Waals surface area contributed by atoms with E-state index in [1.54, 1.807) is 18.2 Å². The molecule has 0 aliphatic carbocycles. The largest absolute Gasteiger partial charge is 0.504 e. The molecule has 0 amide bonds. The Hall–Kier alpha value is -1.81. The second-order valence-corrected chi connectivity index (χ2v) is 4.10. The van der Waals surface area contributed by atoms with Gasteiger partial charge in [0.25, 0.3) is 0 Å². The van der Waals surface area contributed by atoms with E-state index in [9.17, 15) is 9.90 Å². The molecule has 0 fully saturated rings. The predicted molar refractivity (Wildman–Crippen MR) is 70.8 cm³/mol. The van der Waals surface area contributed by atoms with E-state index in [0.717, 1.165) is 5.56 Å². The average Bonchev–Trinajstić information content (AvgIpc) is 2.35. The van der Waals surface area contributed by atoms with E-state index in [-0.39, 0.29) is 11.5 Å². The van der Waals surface area contributed by atoms with E-state index in [4.69, 9.17) is 10.5 Å². The van der Waals surface area contributed by atoms with Crippen molar-refractivity contribution in [1.82, 2.24) is 0 Å². The van der Waals surface area contributed by atoms with Crippen molar-refractivity contribution in [2.45, 2.75) is 19.8 Å². The van der Waals surface area contributed by atoms with E-state index in [2.05, 4.69) is 6.58 Å². The second-order valence-electron chi connectivity index (χ2n) is 4.10. The zero-order valence-corrected chi connectivity index (χ0v) is 10.6. The van der Waals surface area contributed by atoms with E-state index < -0.39 is 0 Å². The fourth-order valence-electron chi connectivity index (χ4n) is 1.47. The Morgan fingerprint density at radius 3 is 2.83 bits per heavy atom. The molecule has 0 atom stereocenters. The Labute approximate surface area is 107 Å². The van der Waals surface area contributed by atoms with E-state index in [1.807, 2.05) is 0 Å². The molecule has 98 valence electrons. The zero-order valence-electron chi connectivity index (χ0n) is 10.6. The number of aromatic hydroxyl groups is 1. The van der Waals surface area contributed by atoms with Crippen molar-refractivity contribution in [3.05, 3.63) is 35.9 Å². The van der Waals surface area contributed by atoms with Gasteiger partial charge in [0.1, 0.15) is 6.61 Å². The number of phenolic OH excluding ortho intramolecular Hbond substituents is 1. The maximum Gasteiger partial charge on any atom is 0.161 e. The molecule has 0 radical (unpaired) electrons. The number of aryl methyl sites for hydroxylation is 1. The molecule has 1 aromatic rings. The molecule has 0 unspecified atom stereocenters. The highest BCUT2D eigenvalue weighted by atomic mass is 16.5. The summed E-state index contributed by atoms with van der Waals surface area (Å²) in [6, 6.07) is 5.15. The molecular formula is C14H19NO3. The van der Waals surface area contributed by atoms with Crippen LogP contribution in [0.25, 0.3) is 0 Å². The Morgan fingerprint density at radius 2 is 2.22 bits per heavy atom. The van der Waals surface area contributed by atoms with Gasteiger partial charge in [-0.15, -0.1) is 0 Å². The third kappa shape index (κ3) is 4.22. The molecule has 1 aromatic carbocycles. The van der Waals surface area contributed by atoms with E-state index >= 15 is 0 Å². The van der Waals surface area contributed by atoms with Crippen molar-refractivity contribution in [1.29, 1.82) is 0 Å². The number of benzene rings is 1. The van der Waals surface area contributed by atoms with Crippen LogP contribution in [0.3, 0.4) is 0 Å². The first kappa shape index (κ1) is 14.3. The second kappa shape index (κ2) is 6.81. The lowest BCUT2D eigenvalue weighted by atomic mass is 10.0. The first-order chi connectivity index (χ1) is 8.54. The van der Waals surface area contributed by atoms with E-state index in [0.29, 0.717) is 37.3 Å². The van der Waals surface area contributed by atoms with Gasteiger partial charge in [0.05, 0.1) is 0 Å². The summed E-state index contributed by atoms with van der Waals surface area (Å²) >= 11 is 0. The number of phenols is 1. The first-order valence-electron chi connectivity index (χ1n) is 5.88. The molecule has 0 saturated heterocycles. The van der Waals surface area contributed by atoms with Crippen LogP contribution < -0.4 is 10.5 Å². The van der Waals surface area contributed by atoms with Gasteiger partial charge in [-0.1, -0.05) is 12.6 Å². The van der Waals surface area contributed by atoms with Gasteiger partial charge in [0.2, 0.25) is 0 Å². The summed E-state index contributed by atoms with van der Waals surface area (Å²) < 4.78 is 5.32. The standard InChI is InChI=1S/C14H19NO3/c1-10(11(2)16)3-4-12-5-6-13(17)14(9-12)18-8-7-15/h5-6,9,17H,1,3-4,7-8,15H2,2H3. The van der Waals surface area contributed by atoms with E-state index in [1.165, 1.54) is 6.92 Å². The van der Waals surface area contributed by atoms with Crippen LogP contribution in [0, 0.1) is 0 Å². The molecule has 0 heterocycles. The van der Waals surface area contributed by atoms with Crippen LogP contribution in [0.2, 0.25) is 0 Å². The number of hydrogen-bond acceptors (Lipinski definition) is 4. The summed E-state index contributed by atoms with van der Waals surface area (Å²) in [5.74, 6) is 0.525. The van der Waals surface area contributed by atoms with Gasteiger partial charge in [-0.3, -0.25) is 4.79 Å². The normalized spacial score (nSPS) is 10.1. The fraction of sp³-hybridized carbons (Fsp3) is 0.357. The number of rotatable bonds is 7. The third-order valence-electron chi connectivity index (χ3n) is 2.61. The van der Waals surface area contributed by atoms with Crippen LogP contribution in [0.4, 0.5) is 0 Å². The first-order valence-corrected chi connectivity index (χ1v) is 5.88. The Bertz CT molecular complexity index is 441. The molecule has 4 heteroatoms. The maximum absolute atomic E-state index is 11.0. The number of Topliss-reactive ketones (excluding diaryl/α,β-unsaturated/α-hetero) is 1. The summed E-state index contributed by atoms with van der Waals surface area (Å²) in [5, 5.41) is 9.59. The molecule has 3 N–H and O–H groups in total. The van der Waals surface area contributed by atoms with Gasteiger partial charge in [-0.25, -0.2) is 0 Å². The van der Waals surface area contributed by atoms with Crippen LogP contribution in [-0.4, -0.2) is 24.0 Å². The lowest BCUT2D eigenvalue weighted by Gasteiger charge is -2.09. The van der Waals surface area contributed by atoms with Gasteiger partial charge in [-0.05, 0) is 43.0 Å². The molecule has 18 heavy (non-hydrogen) atoms. The predicted octanol–water partition coefficient (Wildman–Crippen LogP) is 1.81. The van der Waals surface area contributed by atoms with Crippen molar-refractivity contribution in [3.63, 3.8) is 0 Å². The number of nitrogens with two attached hydrogens (primary N) is 1. The van der Waals surface area contributed by atoms with Crippen LogP contribution >= 0.6 is 0 Å². The Kier molecular flexibility index (Phi) is 5.39. The highest BCUT2D eigenvalue weighted by Crippen LogP contribution is 2.27. The summed E-state index contributed by atoms with van der Waals surface area (Å²) in [4.78, 5) is 11.0. The third-order valence-corrected chi connectivity index (χ3v) is 2.61. The highest BCUT2D eigenvalue weighted by molar-refractivity contribution is 5.92. The summed E-state index contributed by atoms with van der Waals surface area (Å²) in [5.41, 5.74) is 6.93. The zero-order chi connectivity index (χ0) is 13.5. The average molecular weight is 249 g/mol. The van der Waals surface area contributed by atoms with Gasteiger partial charge in [0.15, 0.2) is 17.3 Å². The molecule has 4 nitrogen and oxygen atoms in total. The van der Waals surface area contributed by atoms with Crippen LogP contribution in [-0.2, 0) is 11.2 Å². The summed E-state index contributed by atoms with van der Waals surface area (Å²) in [7, 11) is 0. The minimum atomic E-state index is 0.00776. The monoisotopic (exact) mass is 249 g/mol. The SMILES string of the molecule is C=C(CCc1ccc(O)c(OCCN)c1)C(C)=O. The van der Waals surface area contributed by atoms with Crippen molar-refractivity contribution in [3.8, 4) is 11.5 Å². The van der Waals surface area contributed by atoms with Crippen molar-refractivity contribution < 1.29 is 14.6 Å². The molecule has 0 spiro atoms. The van der Waals surface area contributed by atoms with Crippen molar-refractivity contribution >= 4 is 5.78 Å². The highest BCUT2D eigenvalue weighted by Gasteiger charge is 2.06. The molecule has 0 bridgehead atoms. The lowest BCUT2D eigenvalue weighted by Crippen LogP contribution is -2.10. The maximum atomic E-state index is 11.0. The Morgan fingerprint density at radius 1 is 1.50 bits per heavy atom. The van der Waals surface area contributed by atoms with Gasteiger partial charge >= 0.3 is 0 Å². The van der Waals surface area contributed by atoms with Crippen LogP contribution in [0.15, 0.2) is 30.4 Å². The molecule has 0 saturated carbocycles. The van der Waals surface area contributed by atoms with Crippen molar-refractivity contribution in [2.24, 2.45) is 5.73 Å². The Balaban J connectivity index is 2.66. The molecular weight excluding hydrogens is 230 g/mol. The number of ether oxygens (including phenoxy) is 1. The van der Waals surface area contributed by atoms with Gasteiger partial charge in [0, 0.05) is 6.54 Å². The number of allylic oxidation sites excluding steroid dienone is 1. The minimum absolute atomic E-state index is 0.00776. The summed E-state index contributed by atoms with van der Waals surface area (Å²) in [6.45, 7) is 5.97. The fourth-order valence-corrected chi connectivity index (χ4v) is 1.47. The molecule has 0 aromatic heterocycles. The summed E-state index contributed by atoms with van der Waals surface area (Å²) in [6.07, 6.45) is 1.30. The number of carbonyl (C=O) groups is 1. The number of ketones is 1. The minimum Gasteiger partial charge on any atom is -0.504 e. The topological polar surface area (TPSA) is 72.6 Å². The molecule has 0 aliphatic heterocycles.